The monoisotopic (exact) mass is 244 g/mol. The van der Waals surface area contributed by atoms with E-state index in [4.69, 9.17) is 10.3 Å². The Morgan fingerprint density at radius 3 is 2.44 bits per heavy atom. The van der Waals surface area contributed by atoms with E-state index in [0.717, 1.165) is 29.7 Å². The van der Waals surface area contributed by atoms with E-state index in [2.05, 4.69) is 50.2 Å². The number of anilines is 1. The molecule has 0 saturated heterocycles. The first-order valence-corrected chi connectivity index (χ1v) is 6.47. The summed E-state index contributed by atoms with van der Waals surface area (Å²) in [5, 5.41) is 3.87. The predicted octanol–water partition coefficient (Wildman–Crippen LogP) is 4.00. The molecule has 18 heavy (non-hydrogen) atoms. The molecule has 0 unspecified atom stereocenters. The second-order valence-corrected chi connectivity index (χ2v) is 4.90. The van der Waals surface area contributed by atoms with Gasteiger partial charge in [0.1, 0.15) is 0 Å². The Bertz CT molecular complexity index is 512. The Hall–Kier alpha value is -1.77. The second-order valence-electron chi connectivity index (χ2n) is 4.90. The summed E-state index contributed by atoms with van der Waals surface area (Å²) in [6, 6.07) is 8.42. The fourth-order valence-corrected chi connectivity index (χ4v) is 2.06. The third-order valence-corrected chi connectivity index (χ3v) is 3.16. The Morgan fingerprint density at radius 1 is 1.22 bits per heavy atom. The van der Waals surface area contributed by atoms with E-state index >= 15 is 0 Å². The van der Waals surface area contributed by atoms with Crippen molar-refractivity contribution in [3.05, 3.63) is 35.4 Å². The molecule has 0 radical (unpaired) electrons. The summed E-state index contributed by atoms with van der Waals surface area (Å²) in [6.45, 7) is 6.49. The summed E-state index contributed by atoms with van der Waals surface area (Å²) >= 11 is 0. The number of nitrogen functional groups attached to an aromatic ring is 1. The molecule has 0 aliphatic rings. The van der Waals surface area contributed by atoms with Gasteiger partial charge < -0.3 is 10.3 Å². The zero-order valence-corrected chi connectivity index (χ0v) is 11.2. The molecular formula is C15H20N2O. The van der Waals surface area contributed by atoms with Crippen LogP contribution in [0, 0.1) is 0 Å². The summed E-state index contributed by atoms with van der Waals surface area (Å²) in [7, 11) is 0. The Balaban J connectivity index is 2.36. The molecule has 1 heterocycles. The van der Waals surface area contributed by atoms with Gasteiger partial charge in [-0.3, -0.25) is 0 Å². The average molecular weight is 244 g/mol. The van der Waals surface area contributed by atoms with Gasteiger partial charge in [-0.05, 0) is 17.9 Å². The number of nitrogens with two attached hydrogens (primary N) is 1. The minimum Gasteiger partial charge on any atom is -0.381 e. The first kappa shape index (κ1) is 12.7. The van der Waals surface area contributed by atoms with E-state index in [1.807, 2.05) is 0 Å². The maximum Gasteiger partial charge on any atom is 0.172 e. The first-order valence-electron chi connectivity index (χ1n) is 6.47. The third kappa shape index (κ3) is 2.40. The molecule has 0 amide bonds. The molecule has 0 aliphatic heterocycles. The average Bonchev–Trinajstić information content (AvgIpc) is 2.72. The Labute approximate surface area is 108 Å². The largest absolute Gasteiger partial charge is 0.381 e. The maximum atomic E-state index is 5.84. The number of rotatable bonds is 4. The van der Waals surface area contributed by atoms with Gasteiger partial charge in [-0.1, -0.05) is 56.6 Å². The zero-order valence-electron chi connectivity index (χ0n) is 11.2. The van der Waals surface area contributed by atoms with Crippen LogP contribution in [0.1, 0.15) is 44.2 Å². The number of aromatic nitrogens is 1. The molecule has 3 nitrogen and oxygen atoms in total. The molecule has 0 spiro atoms. The number of benzene rings is 1. The van der Waals surface area contributed by atoms with E-state index in [-0.39, 0.29) is 0 Å². The number of hydrogen-bond donors (Lipinski definition) is 1. The highest BCUT2D eigenvalue weighted by atomic mass is 16.5. The lowest BCUT2D eigenvalue weighted by atomic mass is 9.99. The van der Waals surface area contributed by atoms with Crippen LogP contribution in [-0.4, -0.2) is 5.16 Å². The highest BCUT2D eigenvalue weighted by Crippen LogP contribution is 2.29. The fourth-order valence-electron chi connectivity index (χ4n) is 2.06. The molecule has 3 heteroatoms. The van der Waals surface area contributed by atoms with Gasteiger partial charge in [0.25, 0.3) is 0 Å². The van der Waals surface area contributed by atoms with Crippen molar-refractivity contribution in [3.63, 3.8) is 0 Å². The molecule has 96 valence electrons. The molecule has 0 fully saturated rings. The van der Waals surface area contributed by atoms with Crippen molar-refractivity contribution >= 4 is 5.82 Å². The molecule has 0 aliphatic carbocycles. The summed E-state index contributed by atoms with van der Waals surface area (Å²) in [5.74, 6) is 1.86. The lowest BCUT2D eigenvalue weighted by Crippen LogP contribution is -1.93. The van der Waals surface area contributed by atoms with Crippen LogP contribution in [0.5, 0.6) is 0 Å². The van der Waals surface area contributed by atoms with Gasteiger partial charge >= 0.3 is 0 Å². The van der Waals surface area contributed by atoms with Gasteiger partial charge in [-0.15, -0.1) is 0 Å². The highest BCUT2D eigenvalue weighted by Gasteiger charge is 2.14. The molecule has 0 atom stereocenters. The van der Waals surface area contributed by atoms with Crippen molar-refractivity contribution < 1.29 is 4.52 Å². The second kappa shape index (κ2) is 5.25. The molecule has 2 rings (SSSR count). The van der Waals surface area contributed by atoms with Gasteiger partial charge in [0.15, 0.2) is 11.6 Å². The van der Waals surface area contributed by atoms with Gasteiger partial charge in [-0.2, -0.15) is 0 Å². The maximum absolute atomic E-state index is 5.84. The van der Waals surface area contributed by atoms with Crippen LogP contribution in [0.4, 0.5) is 5.82 Å². The molecule has 1 aromatic heterocycles. The summed E-state index contributed by atoms with van der Waals surface area (Å²) in [6.07, 6.45) is 1.93. The number of hydrogen-bond acceptors (Lipinski definition) is 3. The van der Waals surface area contributed by atoms with Gasteiger partial charge in [0, 0.05) is 11.1 Å². The van der Waals surface area contributed by atoms with Crippen LogP contribution in [0.2, 0.25) is 0 Å². The van der Waals surface area contributed by atoms with Crippen LogP contribution in [0.3, 0.4) is 0 Å². The van der Waals surface area contributed by atoms with Crippen molar-refractivity contribution in [1.82, 2.24) is 5.16 Å². The Morgan fingerprint density at radius 2 is 1.89 bits per heavy atom. The normalized spacial score (nSPS) is 11.1. The summed E-state index contributed by atoms with van der Waals surface area (Å²) in [4.78, 5) is 0. The van der Waals surface area contributed by atoms with Crippen LogP contribution < -0.4 is 5.73 Å². The minimum atomic E-state index is 0.514. The lowest BCUT2D eigenvalue weighted by Gasteiger charge is -2.06. The van der Waals surface area contributed by atoms with Crippen LogP contribution in [0.15, 0.2) is 28.8 Å². The van der Waals surface area contributed by atoms with E-state index in [1.54, 1.807) is 0 Å². The SMILES string of the molecule is CCCc1c(N)noc1-c1ccc(C(C)C)cc1. The van der Waals surface area contributed by atoms with E-state index in [1.165, 1.54) is 5.56 Å². The minimum absolute atomic E-state index is 0.514. The van der Waals surface area contributed by atoms with Crippen molar-refractivity contribution in [2.45, 2.75) is 39.5 Å². The van der Waals surface area contributed by atoms with Gasteiger partial charge in [0.05, 0.1) is 0 Å². The lowest BCUT2D eigenvalue weighted by molar-refractivity contribution is 0.435. The van der Waals surface area contributed by atoms with Crippen LogP contribution in [0.25, 0.3) is 11.3 Å². The summed E-state index contributed by atoms with van der Waals surface area (Å²) < 4.78 is 5.36. The highest BCUT2D eigenvalue weighted by molar-refractivity contribution is 5.66. The first-order chi connectivity index (χ1) is 8.63. The van der Waals surface area contributed by atoms with Crippen LogP contribution in [-0.2, 0) is 6.42 Å². The van der Waals surface area contributed by atoms with E-state index < -0.39 is 0 Å². The Kier molecular flexibility index (Phi) is 3.70. The van der Waals surface area contributed by atoms with Crippen LogP contribution >= 0.6 is 0 Å². The van der Waals surface area contributed by atoms with Gasteiger partial charge in [-0.25, -0.2) is 0 Å². The third-order valence-electron chi connectivity index (χ3n) is 3.16. The van der Waals surface area contributed by atoms with Crippen molar-refractivity contribution in [1.29, 1.82) is 0 Å². The van der Waals surface area contributed by atoms with E-state index in [9.17, 15) is 0 Å². The molecule has 1 aromatic carbocycles. The smallest absolute Gasteiger partial charge is 0.172 e. The molecule has 2 aromatic rings. The number of nitrogens with zero attached hydrogens (tertiary/aromatic N) is 1. The molecule has 0 saturated carbocycles. The zero-order chi connectivity index (χ0) is 13.1. The van der Waals surface area contributed by atoms with Crippen molar-refractivity contribution in [3.8, 4) is 11.3 Å². The fraction of sp³-hybridized carbons (Fsp3) is 0.400. The predicted molar refractivity (Wildman–Crippen MR) is 74.4 cm³/mol. The molecular weight excluding hydrogens is 224 g/mol. The quantitative estimate of drug-likeness (QED) is 0.884. The topological polar surface area (TPSA) is 52.0 Å². The van der Waals surface area contributed by atoms with E-state index in [0.29, 0.717) is 11.7 Å². The summed E-state index contributed by atoms with van der Waals surface area (Å²) in [5.41, 5.74) is 9.23. The van der Waals surface area contributed by atoms with Crippen molar-refractivity contribution in [2.75, 3.05) is 5.73 Å². The standard InChI is InChI=1S/C15H20N2O/c1-4-5-13-14(18-17-15(13)16)12-8-6-11(7-9-12)10(2)3/h6-10H,4-5H2,1-3H3,(H2,16,17). The molecule has 0 bridgehead atoms. The van der Waals surface area contributed by atoms with Gasteiger partial charge in [0.2, 0.25) is 0 Å². The molecule has 2 N–H and O–H groups in total. The van der Waals surface area contributed by atoms with Crippen molar-refractivity contribution in [2.24, 2.45) is 0 Å².